The summed E-state index contributed by atoms with van der Waals surface area (Å²) in [7, 11) is -3.54. The summed E-state index contributed by atoms with van der Waals surface area (Å²) in [6.45, 7) is 0.403. The Hall–Kier alpha value is -3.31. The number of carboxylic acid groups (broad SMARTS) is 1. The average molecular weight is 387 g/mol. The van der Waals surface area contributed by atoms with Gasteiger partial charge < -0.3 is 14.0 Å². The Bertz CT molecular complexity index is 970. The van der Waals surface area contributed by atoms with Crippen LogP contribution in [0.4, 0.5) is 0 Å². The van der Waals surface area contributed by atoms with Crippen molar-refractivity contribution in [1.29, 1.82) is 5.26 Å². The molecular weight excluding hydrogens is 370 g/mol. The van der Waals surface area contributed by atoms with Gasteiger partial charge in [0.2, 0.25) is 0 Å². The van der Waals surface area contributed by atoms with Gasteiger partial charge in [-0.15, -0.1) is 0 Å². The number of benzene rings is 2. The zero-order valence-electron chi connectivity index (χ0n) is 14.5. The van der Waals surface area contributed by atoms with Gasteiger partial charge in [-0.2, -0.15) is 13.7 Å². The van der Waals surface area contributed by atoms with E-state index in [1.807, 2.05) is 0 Å². The smallest absolute Gasteiger partial charge is 0.346 e. The van der Waals surface area contributed by atoms with Gasteiger partial charge in [-0.1, -0.05) is 24.3 Å². The molecule has 0 saturated carbocycles. The summed E-state index contributed by atoms with van der Waals surface area (Å²) < 4.78 is 32.5. The Morgan fingerprint density at radius 2 is 1.70 bits per heavy atom. The molecule has 0 aromatic heterocycles. The van der Waals surface area contributed by atoms with E-state index in [0.717, 1.165) is 11.8 Å². The van der Waals surface area contributed by atoms with Gasteiger partial charge in [0.15, 0.2) is 0 Å². The van der Waals surface area contributed by atoms with E-state index in [4.69, 9.17) is 19.3 Å². The van der Waals surface area contributed by atoms with Gasteiger partial charge in [-0.25, -0.2) is 4.79 Å². The van der Waals surface area contributed by atoms with Crippen molar-refractivity contribution in [3.8, 4) is 17.6 Å². The minimum Gasteiger partial charge on any atom is -0.493 e. The fourth-order valence-corrected chi connectivity index (χ4v) is 2.60. The molecular formula is C19H17NO6S. The van der Waals surface area contributed by atoms with Crippen LogP contribution in [0, 0.1) is 11.3 Å². The molecule has 0 bridgehead atoms. The quantitative estimate of drug-likeness (QED) is 0.421. The molecule has 0 radical (unpaired) electrons. The monoisotopic (exact) mass is 387 g/mol. The van der Waals surface area contributed by atoms with Crippen molar-refractivity contribution in [1.82, 2.24) is 0 Å². The summed E-state index contributed by atoms with van der Waals surface area (Å²) in [5.74, 6) is -0.410. The highest BCUT2D eigenvalue weighted by Crippen LogP contribution is 2.17. The number of carbonyl (C=O) groups is 1. The molecule has 0 heterocycles. The molecule has 0 aliphatic rings. The maximum absolute atomic E-state index is 11.1. The standard InChI is InChI=1S/C19H17NO6S/c1-27(23,24)26-18-8-2-14(3-9-18)10-11-25-17-6-4-15(5-7-17)12-16(13-20)19(21)22/h2-9,12H,10-11H2,1H3,(H,21,22)/b16-12-. The van der Waals surface area contributed by atoms with Crippen molar-refractivity contribution in [3.05, 3.63) is 65.2 Å². The van der Waals surface area contributed by atoms with Gasteiger partial charge in [0, 0.05) is 6.42 Å². The molecule has 0 aliphatic heterocycles. The molecule has 0 spiro atoms. The van der Waals surface area contributed by atoms with E-state index in [1.54, 1.807) is 54.6 Å². The molecule has 8 heteroatoms. The maximum atomic E-state index is 11.1. The molecule has 2 rings (SSSR count). The second kappa shape index (κ2) is 8.87. The fourth-order valence-electron chi connectivity index (χ4n) is 2.14. The molecule has 0 aliphatic carbocycles. The first kappa shape index (κ1) is 20.0. The summed E-state index contributed by atoms with van der Waals surface area (Å²) in [6.07, 6.45) is 2.88. The molecule has 0 saturated heterocycles. The van der Waals surface area contributed by atoms with Crippen molar-refractivity contribution in [2.45, 2.75) is 6.42 Å². The van der Waals surface area contributed by atoms with Crippen LogP contribution in [0.2, 0.25) is 0 Å². The number of ether oxygens (including phenoxy) is 1. The van der Waals surface area contributed by atoms with Gasteiger partial charge in [-0.3, -0.25) is 0 Å². The number of carboxylic acids is 1. The molecule has 0 unspecified atom stereocenters. The van der Waals surface area contributed by atoms with Crippen LogP contribution in [-0.4, -0.2) is 32.4 Å². The minimum atomic E-state index is -3.54. The topological polar surface area (TPSA) is 114 Å². The highest BCUT2D eigenvalue weighted by Gasteiger charge is 2.06. The van der Waals surface area contributed by atoms with Crippen LogP contribution in [0.25, 0.3) is 6.08 Å². The lowest BCUT2D eigenvalue weighted by atomic mass is 10.1. The van der Waals surface area contributed by atoms with Crippen LogP contribution in [0.15, 0.2) is 54.1 Å². The van der Waals surface area contributed by atoms with Crippen LogP contribution >= 0.6 is 0 Å². The van der Waals surface area contributed by atoms with Crippen molar-refractivity contribution >= 4 is 22.2 Å². The first-order valence-electron chi connectivity index (χ1n) is 7.83. The van der Waals surface area contributed by atoms with Gasteiger partial charge in [0.1, 0.15) is 23.1 Å². The second-order valence-electron chi connectivity index (χ2n) is 5.57. The van der Waals surface area contributed by atoms with E-state index in [9.17, 15) is 13.2 Å². The number of nitriles is 1. The Morgan fingerprint density at radius 3 is 2.22 bits per heavy atom. The predicted octanol–water partition coefficient (Wildman–Crippen LogP) is 2.64. The van der Waals surface area contributed by atoms with E-state index in [2.05, 4.69) is 0 Å². The number of hydrogen-bond acceptors (Lipinski definition) is 6. The lowest BCUT2D eigenvalue weighted by molar-refractivity contribution is -0.132. The Kier molecular flexibility index (Phi) is 6.57. The molecule has 2 aromatic rings. The van der Waals surface area contributed by atoms with Crippen molar-refractivity contribution in [2.75, 3.05) is 12.9 Å². The number of hydrogen-bond donors (Lipinski definition) is 1. The molecule has 140 valence electrons. The van der Waals surface area contributed by atoms with Gasteiger partial charge in [0.05, 0.1) is 12.9 Å². The lowest BCUT2D eigenvalue weighted by Crippen LogP contribution is -2.06. The highest BCUT2D eigenvalue weighted by atomic mass is 32.2. The van der Waals surface area contributed by atoms with Gasteiger partial charge in [0.25, 0.3) is 0 Å². The molecule has 0 atom stereocenters. The molecule has 0 amide bonds. The Balaban J connectivity index is 1.89. The number of aliphatic carboxylic acids is 1. The van der Waals surface area contributed by atoms with E-state index in [1.165, 1.54) is 6.08 Å². The van der Waals surface area contributed by atoms with Gasteiger partial charge in [-0.05, 0) is 41.5 Å². The minimum absolute atomic E-state index is 0.254. The van der Waals surface area contributed by atoms with Crippen LogP contribution < -0.4 is 8.92 Å². The van der Waals surface area contributed by atoms with Crippen molar-refractivity contribution < 1.29 is 27.2 Å². The normalized spacial score (nSPS) is 11.5. The summed E-state index contributed by atoms with van der Waals surface area (Å²) in [5.41, 5.74) is 1.20. The average Bonchev–Trinajstić information content (AvgIpc) is 2.61. The number of rotatable bonds is 8. The molecule has 2 aromatic carbocycles. The molecule has 1 N–H and O–H groups in total. The van der Waals surface area contributed by atoms with Crippen LogP contribution in [0.5, 0.6) is 11.5 Å². The summed E-state index contributed by atoms with van der Waals surface area (Å²) in [4.78, 5) is 10.8. The first-order valence-corrected chi connectivity index (χ1v) is 9.65. The summed E-state index contributed by atoms with van der Waals surface area (Å²) >= 11 is 0. The molecule has 27 heavy (non-hydrogen) atoms. The largest absolute Gasteiger partial charge is 0.493 e. The fraction of sp³-hybridized carbons (Fsp3) is 0.158. The SMILES string of the molecule is CS(=O)(=O)Oc1ccc(CCOc2ccc(/C=C(/C#N)C(=O)O)cc2)cc1. The highest BCUT2D eigenvalue weighted by molar-refractivity contribution is 7.86. The third-order valence-electron chi connectivity index (χ3n) is 3.37. The predicted molar refractivity (Wildman–Crippen MR) is 98.8 cm³/mol. The van der Waals surface area contributed by atoms with Crippen LogP contribution in [-0.2, 0) is 21.3 Å². The Morgan fingerprint density at radius 1 is 1.11 bits per heavy atom. The first-order chi connectivity index (χ1) is 12.8. The number of nitrogens with zero attached hydrogens (tertiary/aromatic N) is 1. The summed E-state index contributed by atoms with van der Waals surface area (Å²) in [6, 6.07) is 15.0. The van der Waals surface area contributed by atoms with E-state index >= 15 is 0 Å². The molecule has 7 nitrogen and oxygen atoms in total. The van der Waals surface area contributed by atoms with Crippen LogP contribution in [0.3, 0.4) is 0 Å². The van der Waals surface area contributed by atoms with Gasteiger partial charge >= 0.3 is 16.1 Å². The zero-order valence-corrected chi connectivity index (χ0v) is 15.3. The van der Waals surface area contributed by atoms with Crippen molar-refractivity contribution in [2.24, 2.45) is 0 Å². The maximum Gasteiger partial charge on any atom is 0.346 e. The van der Waals surface area contributed by atoms with E-state index in [-0.39, 0.29) is 11.3 Å². The third-order valence-corrected chi connectivity index (χ3v) is 3.87. The molecule has 0 fully saturated rings. The summed E-state index contributed by atoms with van der Waals surface area (Å²) in [5, 5.41) is 17.6. The zero-order chi connectivity index (χ0) is 19.9. The second-order valence-corrected chi connectivity index (χ2v) is 7.15. The third kappa shape index (κ3) is 6.84. The lowest BCUT2D eigenvalue weighted by Gasteiger charge is -2.07. The van der Waals surface area contributed by atoms with E-state index < -0.39 is 16.1 Å². The Labute approximate surface area is 157 Å². The van der Waals surface area contributed by atoms with Crippen LogP contribution in [0.1, 0.15) is 11.1 Å². The van der Waals surface area contributed by atoms with Crippen molar-refractivity contribution in [3.63, 3.8) is 0 Å². The van der Waals surface area contributed by atoms with E-state index in [0.29, 0.717) is 24.3 Å².